The van der Waals surface area contributed by atoms with E-state index in [0.29, 0.717) is 36.7 Å². The molecule has 1 aromatic heterocycles. The van der Waals surface area contributed by atoms with Crippen LogP contribution in [0.5, 0.6) is 5.75 Å². The predicted octanol–water partition coefficient (Wildman–Crippen LogP) is 4.32. The lowest BCUT2D eigenvalue weighted by atomic mass is 10.1. The van der Waals surface area contributed by atoms with Crippen molar-refractivity contribution in [2.75, 3.05) is 12.4 Å². The zero-order valence-corrected chi connectivity index (χ0v) is 15.8. The molecule has 0 radical (unpaired) electrons. The maximum absolute atomic E-state index is 12.1. The number of rotatable bonds is 7. The van der Waals surface area contributed by atoms with Crippen molar-refractivity contribution in [3.05, 3.63) is 59.5 Å². The largest absolute Gasteiger partial charge is 0.496 e. The van der Waals surface area contributed by atoms with Gasteiger partial charge in [-0.3, -0.25) is 4.79 Å². The summed E-state index contributed by atoms with van der Waals surface area (Å²) < 4.78 is 10.6. The van der Waals surface area contributed by atoms with Gasteiger partial charge in [-0.05, 0) is 55.7 Å². The Labute approximate surface area is 158 Å². The van der Waals surface area contributed by atoms with Crippen molar-refractivity contribution in [2.24, 2.45) is 0 Å². The van der Waals surface area contributed by atoms with Crippen LogP contribution in [0.15, 0.2) is 47.0 Å². The third-order valence-corrected chi connectivity index (χ3v) is 4.40. The molecule has 0 aliphatic rings. The maximum Gasteiger partial charge on any atom is 0.226 e. The molecular weight excluding hydrogens is 342 g/mol. The minimum atomic E-state index is -0.0253. The van der Waals surface area contributed by atoms with Crippen LogP contribution >= 0.6 is 0 Å². The minimum Gasteiger partial charge on any atom is -0.496 e. The minimum absolute atomic E-state index is 0.0253. The molecule has 1 amide bonds. The summed E-state index contributed by atoms with van der Waals surface area (Å²) in [5.74, 6) is 1.66. The fourth-order valence-electron chi connectivity index (χ4n) is 2.74. The van der Waals surface area contributed by atoms with E-state index in [1.165, 1.54) is 5.56 Å². The number of aromatic nitrogens is 2. The number of nitrogens with zero attached hydrogens (tertiary/aromatic N) is 2. The standard InChI is InChI=1S/C21H23N3O3/c1-14-11-12-16(13-15(14)2)22-19(25)9-6-10-20-23-21(24-27-20)17-7-4-5-8-18(17)26-3/h4-5,7-8,11-13H,6,9-10H2,1-3H3,(H,22,25). The molecule has 1 heterocycles. The number of carbonyl (C=O) groups excluding carboxylic acids is 1. The van der Waals surface area contributed by atoms with Gasteiger partial charge in [-0.1, -0.05) is 23.4 Å². The van der Waals surface area contributed by atoms with Crippen LogP contribution in [0.2, 0.25) is 0 Å². The third-order valence-electron chi connectivity index (χ3n) is 4.40. The molecule has 140 valence electrons. The van der Waals surface area contributed by atoms with Crippen molar-refractivity contribution >= 4 is 11.6 Å². The first-order chi connectivity index (χ1) is 13.1. The summed E-state index contributed by atoms with van der Waals surface area (Å²) in [6.07, 6.45) is 1.56. The number of hydrogen-bond acceptors (Lipinski definition) is 5. The number of aryl methyl sites for hydroxylation is 3. The number of methoxy groups -OCH3 is 1. The number of benzene rings is 2. The molecule has 27 heavy (non-hydrogen) atoms. The SMILES string of the molecule is COc1ccccc1-c1noc(CCCC(=O)Nc2ccc(C)c(C)c2)n1. The normalized spacial score (nSPS) is 10.6. The lowest BCUT2D eigenvalue weighted by Gasteiger charge is -2.07. The highest BCUT2D eigenvalue weighted by molar-refractivity contribution is 5.90. The summed E-state index contributed by atoms with van der Waals surface area (Å²) in [5.41, 5.74) is 3.96. The first kappa shape index (κ1) is 18.6. The Bertz CT molecular complexity index is 934. The van der Waals surface area contributed by atoms with Crippen molar-refractivity contribution in [3.8, 4) is 17.1 Å². The summed E-state index contributed by atoms with van der Waals surface area (Å²) in [6.45, 7) is 4.07. The lowest BCUT2D eigenvalue weighted by Crippen LogP contribution is -2.11. The highest BCUT2D eigenvalue weighted by atomic mass is 16.5. The van der Waals surface area contributed by atoms with Crippen LogP contribution < -0.4 is 10.1 Å². The molecular formula is C21H23N3O3. The molecule has 0 saturated carbocycles. The van der Waals surface area contributed by atoms with Gasteiger partial charge in [-0.15, -0.1) is 0 Å². The topological polar surface area (TPSA) is 77.2 Å². The molecule has 0 aliphatic heterocycles. The number of para-hydroxylation sites is 1. The van der Waals surface area contributed by atoms with Crippen molar-refractivity contribution in [2.45, 2.75) is 33.1 Å². The predicted molar refractivity (Wildman–Crippen MR) is 104 cm³/mol. The number of nitrogens with one attached hydrogen (secondary N) is 1. The lowest BCUT2D eigenvalue weighted by molar-refractivity contribution is -0.116. The van der Waals surface area contributed by atoms with Crippen LogP contribution in [0.4, 0.5) is 5.69 Å². The molecule has 1 N–H and O–H groups in total. The highest BCUT2D eigenvalue weighted by Crippen LogP contribution is 2.27. The van der Waals surface area contributed by atoms with Gasteiger partial charge >= 0.3 is 0 Å². The fraction of sp³-hybridized carbons (Fsp3) is 0.286. The van der Waals surface area contributed by atoms with Gasteiger partial charge in [0.25, 0.3) is 0 Å². The van der Waals surface area contributed by atoms with E-state index in [4.69, 9.17) is 9.26 Å². The first-order valence-corrected chi connectivity index (χ1v) is 8.90. The Kier molecular flexibility index (Phi) is 5.86. The summed E-state index contributed by atoms with van der Waals surface area (Å²) >= 11 is 0. The number of ether oxygens (including phenoxy) is 1. The zero-order chi connectivity index (χ0) is 19.2. The van der Waals surface area contributed by atoms with Crippen molar-refractivity contribution < 1.29 is 14.1 Å². The summed E-state index contributed by atoms with van der Waals surface area (Å²) in [4.78, 5) is 16.5. The average molecular weight is 365 g/mol. The smallest absolute Gasteiger partial charge is 0.226 e. The molecule has 0 bridgehead atoms. The number of hydrogen-bond donors (Lipinski definition) is 1. The Balaban J connectivity index is 1.53. The van der Waals surface area contributed by atoms with Gasteiger partial charge in [0.15, 0.2) is 0 Å². The molecule has 0 saturated heterocycles. The van der Waals surface area contributed by atoms with Crippen molar-refractivity contribution in [1.29, 1.82) is 0 Å². The molecule has 0 spiro atoms. The van der Waals surface area contributed by atoms with Crippen LogP contribution in [0.1, 0.15) is 29.9 Å². The van der Waals surface area contributed by atoms with Crippen LogP contribution in [0.25, 0.3) is 11.4 Å². The van der Waals surface area contributed by atoms with E-state index >= 15 is 0 Å². The molecule has 2 aromatic carbocycles. The van der Waals surface area contributed by atoms with Gasteiger partial charge in [0.1, 0.15) is 5.75 Å². The zero-order valence-electron chi connectivity index (χ0n) is 15.8. The van der Waals surface area contributed by atoms with Gasteiger partial charge in [0.2, 0.25) is 17.6 Å². The third kappa shape index (κ3) is 4.73. The van der Waals surface area contributed by atoms with E-state index in [0.717, 1.165) is 16.8 Å². The Hall–Kier alpha value is -3.15. The Morgan fingerprint density at radius 3 is 2.74 bits per heavy atom. The van der Waals surface area contributed by atoms with Gasteiger partial charge in [0.05, 0.1) is 12.7 Å². The number of carbonyl (C=O) groups is 1. The van der Waals surface area contributed by atoms with Gasteiger partial charge in [0, 0.05) is 18.5 Å². The molecule has 0 atom stereocenters. The number of anilines is 1. The van der Waals surface area contributed by atoms with E-state index < -0.39 is 0 Å². The second-order valence-corrected chi connectivity index (χ2v) is 6.41. The number of amides is 1. The van der Waals surface area contributed by atoms with Gasteiger partial charge in [-0.2, -0.15) is 4.98 Å². The highest BCUT2D eigenvalue weighted by Gasteiger charge is 2.13. The molecule has 3 aromatic rings. The van der Waals surface area contributed by atoms with E-state index in [1.54, 1.807) is 7.11 Å². The molecule has 6 heteroatoms. The van der Waals surface area contributed by atoms with E-state index in [1.807, 2.05) is 56.3 Å². The van der Waals surface area contributed by atoms with E-state index in [9.17, 15) is 4.79 Å². The average Bonchev–Trinajstić information content (AvgIpc) is 3.13. The van der Waals surface area contributed by atoms with Crippen molar-refractivity contribution in [3.63, 3.8) is 0 Å². The first-order valence-electron chi connectivity index (χ1n) is 8.90. The Morgan fingerprint density at radius 2 is 1.96 bits per heavy atom. The van der Waals surface area contributed by atoms with E-state index in [-0.39, 0.29) is 5.91 Å². The summed E-state index contributed by atoms with van der Waals surface area (Å²) in [7, 11) is 1.61. The summed E-state index contributed by atoms with van der Waals surface area (Å²) in [5, 5.41) is 6.93. The molecule has 3 rings (SSSR count). The second kappa shape index (κ2) is 8.49. The molecule has 0 aliphatic carbocycles. The van der Waals surface area contributed by atoms with Crippen LogP contribution in [-0.4, -0.2) is 23.2 Å². The van der Waals surface area contributed by atoms with Crippen LogP contribution in [-0.2, 0) is 11.2 Å². The monoisotopic (exact) mass is 365 g/mol. The quantitative estimate of drug-likeness (QED) is 0.674. The van der Waals surface area contributed by atoms with E-state index in [2.05, 4.69) is 15.5 Å². The second-order valence-electron chi connectivity index (χ2n) is 6.41. The van der Waals surface area contributed by atoms with Crippen LogP contribution in [0, 0.1) is 13.8 Å². The fourth-order valence-corrected chi connectivity index (χ4v) is 2.74. The van der Waals surface area contributed by atoms with Crippen LogP contribution in [0.3, 0.4) is 0 Å². The molecule has 6 nitrogen and oxygen atoms in total. The summed E-state index contributed by atoms with van der Waals surface area (Å²) in [6, 6.07) is 13.4. The molecule has 0 unspecified atom stereocenters. The molecule has 0 fully saturated rings. The Morgan fingerprint density at radius 1 is 1.15 bits per heavy atom. The maximum atomic E-state index is 12.1. The van der Waals surface area contributed by atoms with Gasteiger partial charge < -0.3 is 14.6 Å². The van der Waals surface area contributed by atoms with Crippen molar-refractivity contribution in [1.82, 2.24) is 10.1 Å². The van der Waals surface area contributed by atoms with Gasteiger partial charge in [-0.25, -0.2) is 0 Å².